The van der Waals surface area contributed by atoms with Gasteiger partial charge in [-0.25, -0.2) is 0 Å². The number of hydrogen-bond acceptors (Lipinski definition) is 5. The number of carbonyl (C=O) groups is 1. The molecule has 0 fully saturated rings. The van der Waals surface area contributed by atoms with E-state index in [4.69, 9.17) is 10.3 Å². The molecule has 0 saturated carbocycles. The molecule has 1 aromatic carbocycles. The highest BCUT2D eigenvalue weighted by atomic mass is 79.9. The Morgan fingerprint density at radius 1 is 1.25 bits per heavy atom. The molecule has 0 unspecified atom stereocenters. The van der Waals surface area contributed by atoms with E-state index >= 15 is 0 Å². The minimum Gasteiger partial charge on any atom is -0.367 e. The summed E-state index contributed by atoms with van der Waals surface area (Å²) in [5, 5.41) is 6.81. The summed E-state index contributed by atoms with van der Waals surface area (Å²) >= 11 is 4.87. The summed E-state index contributed by atoms with van der Waals surface area (Å²) in [4.78, 5) is 13.3. The van der Waals surface area contributed by atoms with Gasteiger partial charge >= 0.3 is 0 Å². The van der Waals surface area contributed by atoms with Crippen LogP contribution in [0, 0.1) is 0 Å². The van der Waals surface area contributed by atoms with Crippen LogP contribution in [0.2, 0.25) is 0 Å². The van der Waals surface area contributed by atoms with Crippen molar-refractivity contribution in [3.63, 3.8) is 0 Å². The number of benzene rings is 1. The van der Waals surface area contributed by atoms with Crippen molar-refractivity contribution in [2.24, 2.45) is 0 Å². The van der Waals surface area contributed by atoms with Crippen LogP contribution in [0.15, 0.2) is 50.8 Å². The van der Waals surface area contributed by atoms with Gasteiger partial charge in [0.05, 0.1) is 8.66 Å². The van der Waals surface area contributed by atoms with E-state index in [1.165, 1.54) is 16.9 Å². The zero-order valence-electron chi connectivity index (χ0n) is 12.8. The Balaban J connectivity index is 1.62. The fourth-order valence-electron chi connectivity index (χ4n) is 2.36. The van der Waals surface area contributed by atoms with Crippen molar-refractivity contribution in [1.29, 1.82) is 0 Å². The van der Waals surface area contributed by atoms with Gasteiger partial charge in [0.25, 0.3) is 5.91 Å². The largest absolute Gasteiger partial charge is 0.367 e. The quantitative estimate of drug-likeness (QED) is 0.604. The number of amides is 1. The Bertz CT molecular complexity index is 829. The van der Waals surface area contributed by atoms with Crippen molar-refractivity contribution in [3.05, 3.63) is 57.4 Å². The molecule has 5 nitrogen and oxygen atoms in total. The number of thiophene rings is 1. The lowest BCUT2D eigenvalue weighted by Crippen LogP contribution is -2.25. The van der Waals surface area contributed by atoms with Gasteiger partial charge in [-0.05, 0) is 46.5 Å². The number of rotatable bonds is 6. The lowest BCUT2D eigenvalue weighted by atomic mass is 10.1. The molecule has 3 rings (SSSR count). The topological polar surface area (TPSA) is 81.2 Å². The molecule has 0 saturated heterocycles. The second-order valence-electron chi connectivity index (χ2n) is 5.22. The SMILES string of the molecule is Nc1onc(-c2ccc(Br)s2)c1C(=O)NCCCc1ccccc1. The van der Waals surface area contributed by atoms with E-state index in [1.54, 1.807) is 0 Å². The second-order valence-corrected chi connectivity index (χ2v) is 7.68. The number of aryl methyl sites for hydroxylation is 1. The first-order chi connectivity index (χ1) is 11.6. The predicted molar refractivity (Wildman–Crippen MR) is 99.0 cm³/mol. The van der Waals surface area contributed by atoms with Crippen molar-refractivity contribution < 1.29 is 9.32 Å². The number of nitrogens with one attached hydrogen (secondary N) is 1. The Hall–Kier alpha value is -2.12. The summed E-state index contributed by atoms with van der Waals surface area (Å²) in [5.41, 5.74) is 7.81. The van der Waals surface area contributed by atoms with Crippen LogP contribution >= 0.6 is 27.3 Å². The molecule has 0 atom stereocenters. The van der Waals surface area contributed by atoms with Crippen LogP contribution < -0.4 is 11.1 Å². The average Bonchev–Trinajstić information content (AvgIpc) is 3.18. The molecule has 1 amide bonds. The van der Waals surface area contributed by atoms with E-state index in [-0.39, 0.29) is 11.8 Å². The van der Waals surface area contributed by atoms with Crippen molar-refractivity contribution in [2.75, 3.05) is 12.3 Å². The number of nitrogen functional groups attached to an aromatic ring is 1. The van der Waals surface area contributed by atoms with E-state index in [9.17, 15) is 4.79 Å². The number of nitrogens with two attached hydrogens (primary N) is 1. The second kappa shape index (κ2) is 7.63. The standard InChI is InChI=1S/C17H16BrN3O2S/c18-13-9-8-12(24-13)15-14(16(19)23-21-15)17(22)20-10-4-7-11-5-2-1-3-6-11/h1-3,5-6,8-9H,4,7,10,19H2,(H,20,22). The maximum Gasteiger partial charge on any atom is 0.259 e. The molecule has 2 aromatic heterocycles. The van der Waals surface area contributed by atoms with Gasteiger partial charge in [0.2, 0.25) is 5.88 Å². The zero-order valence-corrected chi connectivity index (χ0v) is 15.2. The fraction of sp³-hybridized carbons (Fsp3) is 0.176. The third-order valence-electron chi connectivity index (χ3n) is 3.52. The molecule has 124 valence electrons. The summed E-state index contributed by atoms with van der Waals surface area (Å²) in [5.74, 6) is -0.226. The molecule has 0 aliphatic rings. The van der Waals surface area contributed by atoms with Crippen LogP contribution in [0.25, 0.3) is 10.6 Å². The number of hydrogen-bond donors (Lipinski definition) is 2. The van der Waals surface area contributed by atoms with E-state index in [0.29, 0.717) is 17.8 Å². The molecule has 0 radical (unpaired) electrons. The third-order valence-corrected chi connectivity index (χ3v) is 5.15. The van der Waals surface area contributed by atoms with Crippen LogP contribution in [0.3, 0.4) is 0 Å². The smallest absolute Gasteiger partial charge is 0.259 e. The van der Waals surface area contributed by atoms with Crippen LogP contribution in [-0.2, 0) is 6.42 Å². The molecule has 2 heterocycles. The lowest BCUT2D eigenvalue weighted by molar-refractivity contribution is 0.0954. The summed E-state index contributed by atoms with van der Waals surface area (Å²) in [7, 11) is 0. The van der Waals surface area contributed by atoms with Crippen LogP contribution in [0.4, 0.5) is 5.88 Å². The van der Waals surface area contributed by atoms with Crippen molar-refractivity contribution in [1.82, 2.24) is 10.5 Å². The fourth-order valence-corrected chi connectivity index (χ4v) is 3.73. The van der Waals surface area contributed by atoms with Gasteiger partial charge in [-0.2, -0.15) is 0 Å². The molecule has 7 heteroatoms. The van der Waals surface area contributed by atoms with Crippen molar-refractivity contribution in [2.45, 2.75) is 12.8 Å². The summed E-state index contributed by atoms with van der Waals surface area (Å²) in [6.07, 6.45) is 1.76. The normalized spacial score (nSPS) is 10.7. The number of nitrogens with zero attached hydrogens (tertiary/aromatic N) is 1. The Morgan fingerprint density at radius 2 is 2.04 bits per heavy atom. The number of halogens is 1. The van der Waals surface area contributed by atoms with E-state index in [1.807, 2.05) is 30.3 Å². The summed E-state index contributed by atoms with van der Waals surface area (Å²) in [6, 6.07) is 13.9. The molecular formula is C17H16BrN3O2S. The maximum atomic E-state index is 12.4. The minimum atomic E-state index is -0.263. The van der Waals surface area contributed by atoms with Crippen LogP contribution in [0.1, 0.15) is 22.3 Å². The third kappa shape index (κ3) is 3.85. The van der Waals surface area contributed by atoms with Gasteiger partial charge in [0.15, 0.2) is 0 Å². The van der Waals surface area contributed by atoms with E-state index in [2.05, 4.69) is 38.5 Å². The predicted octanol–water partition coefficient (Wildman–Crippen LogP) is 4.11. The number of aromatic nitrogens is 1. The van der Waals surface area contributed by atoms with Crippen LogP contribution in [-0.4, -0.2) is 17.6 Å². The molecule has 0 aliphatic heterocycles. The molecular weight excluding hydrogens is 390 g/mol. The van der Waals surface area contributed by atoms with Gasteiger partial charge in [-0.15, -0.1) is 11.3 Å². The van der Waals surface area contributed by atoms with Crippen LogP contribution in [0.5, 0.6) is 0 Å². The Labute approximate surface area is 152 Å². The molecule has 0 aliphatic carbocycles. The first-order valence-corrected chi connectivity index (χ1v) is 9.09. The molecule has 0 bridgehead atoms. The highest BCUT2D eigenvalue weighted by Crippen LogP contribution is 2.34. The first kappa shape index (κ1) is 16.7. The molecule has 24 heavy (non-hydrogen) atoms. The zero-order chi connectivity index (χ0) is 16.9. The van der Waals surface area contributed by atoms with E-state index in [0.717, 1.165) is 21.5 Å². The summed E-state index contributed by atoms with van der Waals surface area (Å²) in [6.45, 7) is 0.561. The lowest BCUT2D eigenvalue weighted by Gasteiger charge is -2.05. The van der Waals surface area contributed by atoms with Crippen molar-refractivity contribution >= 4 is 39.1 Å². The number of anilines is 1. The maximum absolute atomic E-state index is 12.4. The van der Waals surface area contributed by atoms with Gasteiger partial charge in [0, 0.05) is 6.54 Å². The Kier molecular flexibility index (Phi) is 5.32. The average molecular weight is 406 g/mol. The summed E-state index contributed by atoms with van der Waals surface area (Å²) < 4.78 is 5.97. The minimum absolute atomic E-state index is 0.0371. The van der Waals surface area contributed by atoms with Gasteiger partial charge in [0.1, 0.15) is 11.3 Å². The highest BCUT2D eigenvalue weighted by molar-refractivity contribution is 9.11. The van der Waals surface area contributed by atoms with Gasteiger partial charge in [-0.1, -0.05) is 35.5 Å². The van der Waals surface area contributed by atoms with E-state index < -0.39 is 0 Å². The number of carbonyl (C=O) groups excluding carboxylic acids is 1. The Morgan fingerprint density at radius 3 is 2.75 bits per heavy atom. The van der Waals surface area contributed by atoms with Crippen molar-refractivity contribution in [3.8, 4) is 10.6 Å². The van der Waals surface area contributed by atoms with Gasteiger partial charge < -0.3 is 15.6 Å². The molecule has 0 spiro atoms. The molecule has 3 aromatic rings. The van der Waals surface area contributed by atoms with Gasteiger partial charge in [-0.3, -0.25) is 4.79 Å². The first-order valence-electron chi connectivity index (χ1n) is 7.48. The monoisotopic (exact) mass is 405 g/mol. The molecule has 3 N–H and O–H groups in total. The highest BCUT2D eigenvalue weighted by Gasteiger charge is 2.23.